The molecule has 0 N–H and O–H groups in total. The van der Waals surface area contributed by atoms with Gasteiger partial charge in [0.1, 0.15) is 5.75 Å². The topological polar surface area (TPSA) is 31.2 Å². The molecule has 1 aliphatic carbocycles. The number of aromatic nitrogens is 1. The first-order valence-electron chi connectivity index (χ1n) is 7.35. The summed E-state index contributed by atoms with van der Waals surface area (Å²) in [6.45, 7) is 5.00. The summed E-state index contributed by atoms with van der Waals surface area (Å²) in [5.74, 6) is 1.68. The maximum atomic E-state index is 12.1. The van der Waals surface area contributed by atoms with E-state index in [4.69, 9.17) is 4.74 Å². The van der Waals surface area contributed by atoms with E-state index >= 15 is 0 Å². The highest BCUT2D eigenvalue weighted by atomic mass is 16.5. The van der Waals surface area contributed by atoms with Crippen molar-refractivity contribution in [2.24, 2.45) is 13.0 Å². The summed E-state index contributed by atoms with van der Waals surface area (Å²) in [5.41, 5.74) is 3.23. The molecule has 0 amide bonds. The van der Waals surface area contributed by atoms with Crippen LogP contribution in [0.3, 0.4) is 0 Å². The van der Waals surface area contributed by atoms with Crippen molar-refractivity contribution in [2.45, 2.75) is 33.1 Å². The van der Waals surface area contributed by atoms with Crippen LogP contribution in [-0.4, -0.2) is 17.0 Å². The molecule has 3 heteroatoms. The number of hydrogen-bond acceptors (Lipinski definition) is 2. The third kappa shape index (κ3) is 2.11. The lowest BCUT2D eigenvalue weighted by Crippen LogP contribution is -2.13. The summed E-state index contributed by atoms with van der Waals surface area (Å²) >= 11 is 0. The highest BCUT2D eigenvalue weighted by molar-refractivity contribution is 6.04. The molecule has 2 aromatic rings. The fraction of sp³-hybridized carbons (Fsp3) is 0.471. The van der Waals surface area contributed by atoms with Crippen LogP contribution in [0.15, 0.2) is 18.2 Å². The average molecular weight is 271 g/mol. The summed E-state index contributed by atoms with van der Waals surface area (Å²) in [5, 5.41) is 1.18. The van der Waals surface area contributed by atoms with E-state index in [0.717, 1.165) is 36.4 Å². The maximum Gasteiger partial charge on any atom is 0.179 e. The van der Waals surface area contributed by atoms with Crippen molar-refractivity contribution in [1.29, 1.82) is 0 Å². The van der Waals surface area contributed by atoms with Crippen LogP contribution >= 0.6 is 0 Å². The van der Waals surface area contributed by atoms with Crippen LogP contribution in [0.5, 0.6) is 5.75 Å². The van der Waals surface area contributed by atoms with Crippen LogP contribution in [0.4, 0.5) is 0 Å². The van der Waals surface area contributed by atoms with Crippen LogP contribution in [0.25, 0.3) is 10.9 Å². The van der Waals surface area contributed by atoms with Gasteiger partial charge < -0.3 is 9.30 Å². The van der Waals surface area contributed by atoms with Crippen molar-refractivity contribution in [3.63, 3.8) is 0 Å². The van der Waals surface area contributed by atoms with E-state index in [-0.39, 0.29) is 5.78 Å². The SMILES string of the molecule is CC(C)COc1ccc2c(c1)c1c(n2C)C(=O)CCC1. The normalized spacial score (nSPS) is 14.9. The Kier molecular flexibility index (Phi) is 3.28. The third-order valence-corrected chi connectivity index (χ3v) is 3.95. The number of carbonyl (C=O) groups excluding carboxylic acids is 1. The highest BCUT2D eigenvalue weighted by Gasteiger charge is 2.24. The molecule has 3 rings (SSSR count). The number of hydrogen-bond donors (Lipinski definition) is 0. The largest absolute Gasteiger partial charge is 0.493 e. The number of fused-ring (bicyclic) bond motifs is 3. The minimum atomic E-state index is 0.273. The molecule has 0 bridgehead atoms. The Morgan fingerprint density at radius 1 is 1.30 bits per heavy atom. The van der Waals surface area contributed by atoms with Crippen LogP contribution in [0.1, 0.15) is 42.7 Å². The molecule has 106 valence electrons. The molecule has 0 spiro atoms. The number of benzene rings is 1. The van der Waals surface area contributed by atoms with Gasteiger partial charge in [0.2, 0.25) is 0 Å². The molecule has 0 fully saturated rings. The maximum absolute atomic E-state index is 12.1. The fourth-order valence-electron chi connectivity index (χ4n) is 3.01. The first-order chi connectivity index (χ1) is 9.58. The lowest BCUT2D eigenvalue weighted by molar-refractivity contribution is 0.0965. The number of ether oxygens (including phenoxy) is 1. The molecule has 1 heterocycles. The van der Waals surface area contributed by atoms with Gasteiger partial charge in [-0.05, 0) is 42.5 Å². The lowest BCUT2D eigenvalue weighted by atomic mass is 9.94. The quantitative estimate of drug-likeness (QED) is 0.851. The van der Waals surface area contributed by atoms with Crippen molar-refractivity contribution < 1.29 is 9.53 Å². The molecule has 0 radical (unpaired) electrons. The molecule has 1 aromatic heterocycles. The molecule has 0 atom stereocenters. The average Bonchev–Trinajstić information content (AvgIpc) is 2.71. The van der Waals surface area contributed by atoms with E-state index in [1.165, 1.54) is 10.9 Å². The number of carbonyl (C=O) groups is 1. The van der Waals surface area contributed by atoms with Crippen LogP contribution in [0.2, 0.25) is 0 Å². The van der Waals surface area contributed by atoms with Gasteiger partial charge in [-0.25, -0.2) is 0 Å². The summed E-state index contributed by atoms with van der Waals surface area (Å²) in [7, 11) is 1.99. The molecular formula is C17H21NO2. The van der Waals surface area contributed by atoms with E-state index in [0.29, 0.717) is 12.3 Å². The number of aryl methyl sites for hydroxylation is 2. The van der Waals surface area contributed by atoms with Crippen molar-refractivity contribution in [3.8, 4) is 5.75 Å². The lowest BCUT2D eigenvalue weighted by Gasteiger charge is -2.12. The van der Waals surface area contributed by atoms with Crippen LogP contribution in [0, 0.1) is 5.92 Å². The Morgan fingerprint density at radius 2 is 2.10 bits per heavy atom. The second kappa shape index (κ2) is 4.97. The van der Waals surface area contributed by atoms with Gasteiger partial charge in [0, 0.05) is 24.4 Å². The van der Waals surface area contributed by atoms with Crippen molar-refractivity contribution >= 4 is 16.7 Å². The molecular weight excluding hydrogens is 250 g/mol. The van der Waals surface area contributed by atoms with Gasteiger partial charge >= 0.3 is 0 Å². The zero-order valence-electron chi connectivity index (χ0n) is 12.4. The van der Waals surface area contributed by atoms with Crippen molar-refractivity contribution in [3.05, 3.63) is 29.5 Å². The molecule has 0 aliphatic heterocycles. The second-order valence-electron chi connectivity index (χ2n) is 6.05. The minimum absolute atomic E-state index is 0.273. The van der Waals surface area contributed by atoms with Gasteiger partial charge in [0.05, 0.1) is 12.3 Å². The predicted octanol–water partition coefficient (Wildman–Crippen LogP) is 3.73. The Hall–Kier alpha value is -1.77. The number of nitrogens with zero attached hydrogens (tertiary/aromatic N) is 1. The van der Waals surface area contributed by atoms with Gasteiger partial charge in [-0.2, -0.15) is 0 Å². The molecule has 0 saturated heterocycles. The smallest absolute Gasteiger partial charge is 0.179 e. The molecule has 20 heavy (non-hydrogen) atoms. The van der Waals surface area contributed by atoms with Gasteiger partial charge in [-0.3, -0.25) is 4.79 Å². The number of rotatable bonds is 3. The first kappa shape index (κ1) is 13.2. The van der Waals surface area contributed by atoms with E-state index in [1.54, 1.807) is 0 Å². The molecule has 3 nitrogen and oxygen atoms in total. The van der Waals surface area contributed by atoms with E-state index in [2.05, 4.69) is 26.0 Å². The van der Waals surface area contributed by atoms with Gasteiger partial charge in [0.15, 0.2) is 5.78 Å². The number of Topliss-reactive ketones (excluding diaryl/α,β-unsaturated/α-hetero) is 1. The summed E-state index contributed by atoms with van der Waals surface area (Å²) in [6, 6.07) is 6.16. The van der Waals surface area contributed by atoms with E-state index in [9.17, 15) is 4.79 Å². The molecule has 1 aliphatic rings. The van der Waals surface area contributed by atoms with Crippen LogP contribution < -0.4 is 4.74 Å². The van der Waals surface area contributed by atoms with Crippen molar-refractivity contribution in [1.82, 2.24) is 4.57 Å². The summed E-state index contributed by atoms with van der Waals surface area (Å²) in [4.78, 5) is 12.1. The summed E-state index contributed by atoms with van der Waals surface area (Å²) in [6.07, 6.45) is 2.63. The second-order valence-corrected chi connectivity index (χ2v) is 6.05. The van der Waals surface area contributed by atoms with E-state index in [1.807, 2.05) is 17.7 Å². The first-order valence-corrected chi connectivity index (χ1v) is 7.35. The number of ketones is 1. The molecule has 0 unspecified atom stereocenters. The van der Waals surface area contributed by atoms with Gasteiger partial charge in [0.25, 0.3) is 0 Å². The molecule has 1 aromatic carbocycles. The van der Waals surface area contributed by atoms with Crippen molar-refractivity contribution in [2.75, 3.05) is 6.61 Å². The van der Waals surface area contributed by atoms with Gasteiger partial charge in [-0.15, -0.1) is 0 Å². The van der Waals surface area contributed by atoms with Gasteiger partial charge in [-0.1, -0.05) is 13.8 Å². The highest BCUT2D eigenvalue weighted by Crippen LogP contribution is 2.33. The Morgan fingerprint density at radius 3 is 2.85 bits per heavy atom. The summed E-state index contributed by atoms with van der Waals surface area (Å²) < 4.78 is 7.85. The zero-order chi connectivity index (χ0) is 14.3. The standard InChI is InChI=1S/C17H21NO2/c1-11(2)10-20-12-7-8-15-14(9-12)13-5-4-6-16(19)17(13)18(15)3/h7-9,11H,4-6,10H2,1-3H3. The Labute approximate surface area is 119 Å². The van der Waals surface area contributed by atoms with E-state index < -0.39 is 0 Å². The third-order valence-electron chi connectivity index (χ3n) is 3.95. The Bertz CT molecular complexity index is 667. The minimum Gasteiger partial charge on any atom is -0.493 e. The molecule has 0 saturated carbocycles. The fourth-order valence-corrected chi connectivity index (χ4v) is 3.01. The predicted molar refractivity (Wildman–Crippen MR) is 80.5 cm³/mol. The zero-order valence-corrected chi connectivity index (χ0v) is 12.4. The Balaban J connectivity index is 2.08. The monoisotopic (exact) mass is 271 g/mol. The van der Waals surface area contributed by atoms with Crippen LogP contribution in [-0.2, 0) is 13.5 Å².